The highest BCUT2D eigenvalue weighted by Gasteiger charge is 1.90. The Kier molecular flexibility index (Phi) is 2.92. The first kappa shape index (κ1) is 7.21. The summed E-state index contributed by atoms with van der Waals surface area (Å²) in [4.78, 5) is 9.88. The van der Waals surface area contributed by atoms with E-state index in [1.54, 1.807) is 0 Å². The molecule has 0 unspecified atom stereocenters. The van der Waals surface area contributed by atoms with Crippen LogP contribution in [0.1, 0.15) is 13.8 Å². The standard InChI is InChI=1S/C6H11NO/c1-5(2)7-6(3)4-8/h4-5,7H,3H2,1-2H3. The van der Waals surface area contributed by atoms with Gasteiger partial charge in [0.15, 0.2) is 6.29 Å². The average Bonchev–Trinajstić information content (AvgIpc) is 1.65. The van der Waals surface area contributed by atoms with Gasteiger partial charge in [-0.25, -0.2) is 0 Å². The zero-order chi connectivity index (χ0) is 6.57. The van der Waals surface area contributed by atoms with Crippen LogP contribution in [0.3, 0.4) is 0 Å². The lowest BCUT2D eigenvalue weighted by Crippen LogP contribution is -2.21. The molecule has 0 heterocycles. The van der Waals surface area contributed by atoms with E-state index in [2.05, 4.69) is 11.9 Å². The number of hydrogen-bond donors (Lipinski definition) is 1. The number of rotatable bonds is 3. The van der Waals surface area contributed by atoms with Gasteiger partial charge in [-0.2, -0.15) is 0 Å². The molecule has 0 amide bonds. The fourth-order valence-corrected chi connectivity index (χ4v) is 0.405. The van der Waals surface area contributed by atoms with Crippen molar-refractivity contribution in [1.29, 1.82) is 0 Å². The average molecular weight is 113 g/mol. The van der Waals surface area contributed by atoms with E-state index in [9.17, 15) is 4.79 Å². The Morgan fingerprint density at radius 3 is 2.38 bits per heavy atom. The SMILES string of the molecule is C=C(C=O)NC(C)C. The first-order valence-electron chi connectivity index (χ1n) is 2.57. The molecule has 0 aliphatic heterocycles. The highest BCUT2D eigenvalue weighted by molar-refractivity contribution is 5.71. The van der Waals surface area contributed by atoms with Gasteiger partial charge in [0.2, 0.25) is 0 Å². The van der Waals surface area contributed by atoms with Crippen molar-refractivity contribution >= 4 is 6.29 Å². The highest BCUT2D eigenvalue weighted by atomic mass is 16.1. The van der Waals surface area contributed by atoms with Gasteiger partial charge in [0.25, 0.3) is 0 Å². The molecule has 0 bridgehead atoms. The van der Waals surface area contributed by atoms with Gasteiger partial charge in [0.05, 0.1) is 5.70 Å². The third-order valence-corrected chi connectivity index (χ3v) is 0.616. The van der Waals surface area contributed by atoms with Crippen LogP contribution in [0.2, 0.25) is 0 Å². The van der Waals surface area contributed by atoms with E-state index in [1.807, 2.05) is 13.8 Å². The van der Waals surface area contributed by atoms with Gasteiger partial charge < -0.3 is 5.32 Å². The van der Waals surface area contributed by atoms with Crippen molar-refractivity contribution in [3.8, 4) is 0 Å². The Hall–Kier alpha value is -0.790. The Bertz CT molecular complexity index is 96.7. The van der Waals surface area contributed by atoms with E-state index in [0.717, 1.165) is 0 Å². The first-order valence-corrected chi connectivity index (χ1v) is 2.57. The van der Waals surface area contributed by atoms with Gasteiger partial charge >= 0.3 is 0 Å². The number of carbonyl (C=O) groups excluding carboxylic acids is 1. The zero-order valence-electron chi connectivity index (χ0n) is 5.27. The predicted molar refractivity (Wildman–Crippen MR) is 33.5 cm³/mol. The summed E-state index contributed by atoms with van der Waals surface area (Å²) in [7, 11) is 0. The predicted octanol–water partition coefficient (Wildman–Crippen LogP) is 0.697. The normalized spacial score (nSPS) is 8.88. The summed E-state index contributed by atoms with van der Waals surface area (Å²) in [6.45, 7) is 7.34. The maximum atomic E-state index is 9.88. The van der Waals surface area contributed by atoms with Crippen molar-refractivity contribution in [2.45, 2.75) is 19.9 Å². The summed E-state index contributed by atoms with van der Waals surface area (Å²) in [5, 5.41) is 2.83. The van der Waals surface area contributed by atoms with Gasteiger partial charge in [-0.15, -0.1) is 0 Å². The van der Waals surface area contributed by atoms with Crippen LogP contribution in [0.4, 0.5) is 0 Å². The van der Waals surface area contributed by atoms with Crippen molar-refractivity contribution in [3.63, 3.8) is 0 Å². The number of aldehydes is 1. The lowest BCUT2D eigenvalue weighted by Gasteiger charge is -2.05. The van der Waals surface area contributed by atoms with Gasteiger partial charge in [-0.3, -0.25) is 4.79 Å². The highest BCUT2D eigenvalue weighted by Crippen LogP contribution is 1.81. The third-order valence-electron chi connectivity index (χ3n) is 0.616. The summed E-state index contributed by atoms with van der Waals surface area (Å²) in [6.07, 6.45) is 0.708. The van der Waals surface area contributed by atoms with E-state index in [0.29, 0.717) is 18.0 Å². The van der Waals surface area contributed by atoms with Crippen molar-refractivity contribution < 1.29 is 4.79 Å². The largest absolute Gasteiger partial charge is 0.381 e. The summed E-state index contributed by atoms with van der Waals surface area (Å²) >= 11 is 0. The molecule has 2 heteroatoms. The third kappa shape index (κ3) is 3.40. The quantitative estimate of drug-likeness (QED) is 0.431. The monoisotopic (exact) mass is 113 g/mol. The van der Waals surface area contributed by atoms with Crippen LogP contribution in [-0.4, -0.2) is 12.3 Å². The second-order valence-corrected chi connectivity index (χ2v) is 1.94. The molecule has 1 N–H and O–H groups in total. The van der Waals surface area contributed by atoms with E-state index in [4.69, 9.17) is 0 Å². The van der Waals surface area contributed by atoms with E-state index in [-0.39, 0.29) is 0 Å². The molecule has 8 heavy (non-hydrogen) atoms. The summed E-state index contributed by atoms with van der Waals surface area (Å²) in [5.74, 6) is 0. The van der Waals surface area contributed by atoms with Crippen LogP contribution in [0.25, 0.3) is 0 Å². The smallest absolute Gasteiger partial charge is 0.165 e. The molecule has 0 fully saturated rings. The molecule has 0 aromatic carbocycles. The molecule has 0 radical (unpaired) electrons. The second-order valence-electron chi connectivity index (χ2n) is 1.94. The molecular formula is C6H11NO. The van der Waals surface area contributed by atoms with Crippen LogP contribution in [0.5, 0.6) is 0 Å². The van der Waals surface area contributed by atoms with Gasteiger partial charge in [0, 0.05) is 6.04 Å². The molecule has 0 aromatic rings. The molecule has 46 valence electrons. The minimum absolute atomic E-state index is 0.299. The molecule has 0 rings (SSSR count). The number of allylic oxidation sites excluding steroid dienone is 1. The van der Waals surface area contributed by atoms with Crippen molar-refractivity contribution in [3.05, 3.63) is 12.3 Å². The maximum Gasteiger partial charge on any atom is 0.165 e. The van der Waals surface area contributed by atoms with Crippen molar-refractivity contribution in [1.82, 2.24) is 5.32 Å². The van der Waals surface area contributed by atoms with Crippen molar-refractivity contribution in [2.75, 3.05) is 0 Å². The molecule has 0 aromatic heterocycles. The minimum atomic E-state index is 0.299. The first-order chi connectivity index (χ1) is 3.66. The van der Waals surface area contributed by atoms with Crippen LogP contribution in [0.15, 0.2) is 12.3 Å². The van der Waals surface area contributed by atoms with E-state index < -0.39 is 0 Å². The van der Waals surface area contributed by atoms with Crippen LogP contribution < -0.4 is 5.32 Å². The lowest BCUT2D eigenvalue weighted by molar-refractivity contribution is -0.105. The molecule has 0 atom stereocenters. The fourth-order valence-electron chi connectivity index (χ4n) is 0.405. The maximum absolute atomic E-state index is 9.88. The number of carbonyl (C=O) groups is 1. The fraction of sp³-hybridized carbons (Fsp3) is 0.500. The molecular weight excluding hydrogens is 102 g/mol. The van der Waals surface area contributed by atoms with Crippen molar-refractivity contribution in [2.24, 2.45) is 0 Å². The van der Waals surface area contributed by atoms with E-state index in [1.165, 1.54) is 0 Å². The van der Waals surface area contributed by atoms with E-state index >= 15 is 0 Å². The zero-order valence-corrected chi connectivity index (χ0v) is 5.27. The summed E-state index contributed by atoms with van der Waals surface area (Å²) in [5.41, 5.74) is 0.444. The Morgan fingerprint density at radius 2 is 2.25 bits per heavy atom. The Labute approximate surface area is 49.6 Å². The summed E-state index contributed by atoms with van der Waals surface area (Å²) in [6, 6.07) is 0.299. The molecule has 0 saturated carbocycles. The molecule has 0 aliphatic carbocycles. The van der Waals surface area contributed by atoms with Gasteiger partial charge in [0.1, 0.15) is 0 Å². The minimum Gasteiger partial charge on any atom is -0.381 e. The Morgan fingerprint density at radius 1 is 1.75 bits per heavy atom. The topological polar surface area (TPSA) is 29.1 Å². The van der Waals surface area contributed by atoms with Crippen LogP contribution in [0, 0.1) is 0 Å². The second kappa shape index (κ2) is 3.24. The molecule has 0 spiro atoms. The van der Waals surface area contributed by atoms with Gasteiger partial charge in [-0.05, 0) is 13.8 Å². The Balaban J connectivity index is 3.39. The number of hydrogen-bond acceptors (Lipinski definition) is 2. The lowest BCUT2D eigenvalue weighted by atomic mass is 10.4. The van der Waals surface area contributed by atoms with Gasteiger partial charge in [-0.1, -0.05) is 6.58 Å². The molecule has 0 aliphatic rings. The summed E-state index contributed by atoms with van der Waals surface area (Å²) < 4.78 is 0. The van der Waals surface area contributed by atoms with Crippen LogP contribution >= 0.6 is 0 Å². The molecule has 2 nitrogen and oxygen atoms in total. The number of nitrogens with one attached hydrogen (secondary N) is 1. The molecule has 0 saturated heterocycles. The van der Waals surface area contributed by atoms with Crippen LogP contribution in [-0.2, 0) is 4.79 Å².